The van der Waals surface area contributed by atoms with Crippen LogP contribution in [0.15, 0.2) is 34.7 Å². The Labute approximate surface area is 92.3 Å². The highest BCUT2D eigenvalue weighted by Gasteiger charge is 2.21. The number of fused-ring (bicyclic) bond motifs is 2. The molecule has 16 heavy (non-hydrogen) atoms. The van der Waals surface area contributed by atoms with Gasteiger partial charge >= 0.3 is 0 Å². The second kappa shape index (κ2) is 2.82. The first-order chi connectivity index (χ1) is 7.58. The number of anilines is 1. The molecule has 0 radical (unpaired) electrons. The average Bonchev–Trinajstić information content (AvgIpc) is 2.53. The van der Waals surface area contributed by atoms with Crippen molar-refractivity contribution in [1.82, 2.24) is 4.98 Å². The van der Waals surface area contributed by atoms with Crippen molar-refractivity contribution in [3.05, 3.63) is 35.4 Å². The van der Waals surface area contributed by atoms with Crippen LogP contribution >= 0.6 is 0 Å². The Kier molecular flexibility index (Phi) is 1.65. The molecule has 1 aromatic heterocycles. The van der Waals surface area contributed by atoms with Gasteiger partial charge in [0, 0.05) is 22.7 Å². The quantitative estimate of drug-likeness (QED) is 0.748. The maximum atomic E-state index is 11.7. The Hall–Kier alpha value is -1.88. The zero-order valence-corrected chi connectivity index (χ0v) is 9.03. The average molecular weight is 232 g/mol. The fourth-order valence-corrected chi connectivity index (χ4v) is 3.03. The number of rotatable bonds is 0. The first-order valence-corrected chi connectivity index (χ1v) is 6.24. The van der Waals surface area contributed by atoms with Gasteiger partial charge in [-0.1, -0.05) is 0 Å². The van der Waals surface area contributed by atoms with Crippen molar-refractivity contribution >= 4 is 32.5 Å². The van der Waals surface area contributed by atoms with Crippen molar-refractivity contribution in [3.63, 3.8) is 0 Å². The third kappa shape index (κ3) is 1.15. The maximum Gasteiger partial charge on any atom is 0.200 e. The first-order valence-electron chi connectivity index (χ1n) is 4.69. The van der Waals surface area contributed by atoms with Gasteiger partial charge in [0.25, 0.3) is 0 Å². The van der Waals surface area contributed by atoms with E-state index < -0.39 is 9.84 Å². The Morgan fingerprint density at radius 1 is 1.25 bits per heavy atom. The largest absolute Gasteiger partial charge is 0.398 e. The number of sulfone groups is 1. The summed E-state index contributed by atoms with van der Waals surface area (Å²) in [6, 6.07) is 4.98. The molecule has 0 fully saturated rings. The molecular formula is C11H8N2O2S. The van der Waals surface area contributed by atoms with Gasteiger partial charge in [0.05, 0.1) is 10.4 Å². The van der Waals surface area contributed by atoms with Crippen LogP contribution in [0.4, 0.5) is 5.69 Å². The predicted molar refractivity (Wildman–Crippen MR) is 62.4 cm³/mol. The SMILES string of the molecule is Nc1ccnc2cc3c(cc12)S(=O)(=O)C=C3. The molecule has 5 heteroatoms. The number of nitrogen functional groups attached to an aromatic ring is 1. The minimum Gasteiger partial charge on any atom is -0.398 e. The zero-order chi connectivity index (χ0) is 11.3. The summed E-state index contributed by atoms with van der Waals surface area (Å²) in [6.07, 6.45) is 3.19. The lowest BCUT2D eigenvalue weighted by molar-refractivity contribution is 0.605. The number of nitrogens with two attached hydrogens (primary N) is 1. The second-order valence-corrected chi connectivity index (χ2v) is 5.46. The summed E-state index contributed by atoms with van der Waals surface area (Å²) in [5, 5.41) is 1.88. The molecule has 2 N–H and O–H groups in total. The summed E-state index contributed by atoms with van der Waals surface area (Å²) in [4.78, 5) is 4.46. The Balaban J connectivity index is 2.49. The van der Waals surface area contributed by atoms with Gasteiger partial charge in [0.2, 0.25) is 0 Å². The smallest absolute Gasteiger partial charge is 0.200 e. The maximum absolute atomic E-state index is 11.7. The lowest BCUT2D eigenvalue weighted by Gasteiger charge is -2.04. The molecule has 80 valence electrons. The number of aromatic nitrogens is 1. The van der Waals surface area contributed by atoms with E-state index in [-0.39, 0.29) is 0 Å². The summed E-state index contributed by atoms with van der Waals surface area (Å²) in [6.45, 7) is 0. The molecule has 4 nitrogen and oxygen atoms in total. The number of benzene rings is 1. The molecule has 1 aliphatic rings. The normalized spacial score (nSPS) is 16.5. The lowest BCUT2D eigenvalue weighted by Crippen LogP contribution is -1.96. The van der Waals surface area contributed by atoms with Crippen LogP contribution in [0.5, 0.6) is 0 Å². The minimum absolute atomic E-state index is 0.305. The van der Waals surface area contributed by atoms with Crippen LogP contribution in [-0.4, -0.2) is 13.4 Å². The topological polar surface area (TPSA) is 73.0 Å². The Morgan fingerprint density at radius 2 is 2.06 bits per heavy atom. The van der Waals surface area contributed by atoms with Crippen molar-refractivity contribution in [2.75, 3.05) is 5.73 Å². The van der Waals surface area contributed by atoms with Gasteiger partial charge in [-0.05, 0) is 29.8 Å². The first kappa shape index (κ1) is 9.35. The van der Waals surface area contributed by atoms with Crippen LogP contribution in [0, 0.1) is 0 Å². The standard InChI is InChI=1S/C11H8N2O2S/c12-9-1-3-13-10-5-7-2-4-16(14,15)11(7)6-8(9)10/h1-6H,(H2,12,13). The fourth-order valence-electron chi connectivity index (χ4n) is 1.82. The number of pyridine rings is 1. The van der Waals surface area contributed by atoms with E-state index in [1.807, 2.05) is 0 Å². The fraction of sp³-hybridized carbons (Fsp3) is 0. The highest BCUT2D eigenvalue weighted by Crippen LogP contribution is 2.32. The summed E-state index contributed by atoms with van der Waals surface area (Å²) < 4.78 is 23.3. The number of nitrogens with zero attached hydrogens (tertiary/aromatic N) is 1. The summed E-state index contributed by atoms with van der Waals surface area (Å²) in [5.74, 6) is 0. The molecule has 2 heterocycles. The van der Waals surface area contributed by atoms with E-state index in [9.17, 15) is 8.42 Å². The minimum atomic E-state index is -3.28. The molecule has 2 aromatic rings. The summed E-state index contributed by atoms with van der Waals surface area (Å²) >= 11 is 0. The molecule has 1 aromatic carbocycles. The van der Waals surface area contributed by atoms with Gasteiger partial charge in [-0.2, -0.15) is 0 Å². The second-order valence-electron chi connectivity index (χ2n) is 3.66. The monoisotopic (exact) mass is 232 g/mol. The van der Waals surface area contributed by atoms with Crippen molar-refractivity contribution in [2.45, 2.75) is 4.90 Å². The Bertz CT molecular complexity index is 733. The number of hydrogen-bond acceptors (Lipinski definition) is 4. The molecule has 0 atom stereocenters. The molecule has 0 saturated carbocycles. The molecule has 0 unspecified atom stereocenters. The molecule has 0 amide bonds. The summed E-state index contributed by atoms with van der Waals surface area (Å²) in [5.41, 5.74) is 7.70. The van der Waals surface area contributed by atoms with Crippen molar-refractivity contribution < 1.29 is 8.42 Å². The summed E-state index contributed by atoms with van der Waals surface area (Å²) in [7, 11) is -3.28. The molecule has 0 spiro atoms. The van der Waals surface area contributed by atoms with Gasteiger partial charge in [-0.3, -0.25) is 4.98 Å². The van der Waals surface area contributed by atoms with Gasteiger partial charge in [-0.25, -0.2) is 8.42 Å². The van der Waals surface area contributed by atoms with Crippen LogP contribution < -0.4 is 5.73 Å². The van der Waals surface area contributed by atoms with Crippen molar-refractivity contribution in [2.24, 2.45) is 0 Å². The van der Waals surface area contributed by atoms with Crippen LogP contribution in [0.1, 0.15) is 5.56 Å². The number of hydrogen-bond donors (Lipinski definition) is 1. The molecule has 1 aliphatic heterocycles. The van der Waals surface area contributed by atoms with Crippen LogP contribution in [0.3, 0.4) is 0 Å². The highest BCUT2D eigenvalue weighted by atomic mass is 32.2. The Morgan fingerprint density at radius 3 is 2.88 bits per heavy atom. The molecule has 0 bridgehead atoms. The van der Waals surface area contributed by atoms with Crippen LogP contribution in [-0.2, 0) is 9.84 Å². The zero-order valence-electron chi connectivity index (χ0n) is 8.21. The molecule has 0 aliphatic carbocycles. The van der Waals surface area contributed by atoms with Gasteiger partial charge in [-0.15, -0.1) is 0 Å². The van der Waals surface area contributed by atoms with E-state index in [0.717, 1.165) is 0 Å². The van der Waals surface area contributed by atoms with E-state index in [2.05, 4.69) is 4.98 Å². The lowest BCUT2D eigenvalue weighted by atomic mass is 10.1. The van der Waals surface area contributed by atoms with Gasteiger partial charge < -0.3 is 5.73 Å². The van der Waals surface area contributed by atoms with E-state index in [1.54, 1.807) is 30.5 Å². The van der Waals surface area contributed by atoms with Crippen molar-refractivity contribution in [1.29, 1.82) is 0 Å². The van der Waals surface area contributed by atoms with Gasteiger partial charge in [0.1, 0.15) is 0 Å². The van der Waals surface area contributed by atoms with Crippen LogP contribution in [0.25, 0.3) is 17.0 Å². The van der Waals surface area contributed by atoms with E-state index in [1.165, 1.54) is 5.41 Å². The van der Waals surface area contributed by atoms with E-state index in [0.29, 0.717) is 27.0 Å². The van der Waals surface area contributed by atoms with Crippen molar-refractivity contribution in [3.8, 4) is 0 Å². The molecular weight excluding hydrogens is 224 g/mol. The third-order valence-corrected chi connectivity index (χ3v) is 4.10. The van der Waals surface area contributed by atoms with E-state index >= 15 is 0 Å². The highest BCUT2D eigenvalue weighted by molar-refractivity contribution is 7.94. The predicted octanol–water partition coefficient (Wildman–Crippen LogP) is 1.57. The van der Waals surface area contributed by atoms with E-state index in [4.69, 9.17) is 5.73 Å². The molecule has 0 saturated heterocycles. The van der Waals surface area contributed by atoms with Gasteiger partial charge in [0.15, 0.2) is 9.84 Å². The molecule has 3 rings (SSSR count). The third-order valence-electron chi connectivity index (χ3n) is 2.64. The van der Waals surface area contributed by atoms with Crippen LogP contribution in [0.2, 0.25) is 0 Å².